The standard InChI is InChI=1S/C15H24ClNS/c1-3-5-6-7-8-9-13(17-12-4-2)14-10-11-15(16)18-14/h3,10-11,13,17H,1,4-9,12H2,2H3. The first kappa shape index (κ1) is 15.7. The molecule has 0 aliphatic heterocycles. The molecule has 102 valence electrons. The number of thiophene rings is 1. The van der Waals surface area contributed by atoms with Crippen LogP contribution in [0.5, 0.6) is 0 Å². The Morgan fingerprint density at radius 3 is 2.83 bits per heavy atom. The maximum Gasteiger partial charge on any atom is 0.0931 e. The van der Waals surface area contributed by atoms with Gasteiger partial charge in [0.15, 0.2) is 0 Å². The van der Waals surface area contributed by atoms with Crippen LogP contribution in [-0.4, -0.2) is 6.54 Å². The molecule has 1 heterocycles. The molecule has 1 N–H and O–H groups in total. The van der Waals surface area contributed by atoms with E-state index in [-0.39, 0.29) is 0 Å². The van der Waals surface area contributed by atoms with E-state index in [1.54, 1.807) is 11.3 Å². The molecule has 0 amide bonds. The number of hydrogen-bond donors (Lipinski definition) is 1. The summed E-state index contributed by atoms with van der Waals surface area (Å²) in [5.74, 6) is 0. The minimum absolute atomic E-state index is 0.478. The maximum atomic E-state index is 6.02. The Kier molecular flexibility index (Phi) is 8.40. The van der Waals surface area contributed by atoms with E-state index < -0.39 is 0 Å². The summed E-state index contributed by atoms with van der Waals surface area (Å²) in [6.45, 7) is 7.04. The van der Waals surface area contributed by atoms with Crippen molar-refractivity contribution in [3.63, 3.8) is 0 Å². The van der Waals surface area contributed by atoms with E-state index in [1.165, 1.54) is 37.0 Å². The van der Waals surface area contributed by atoms with Crippen LogP contribution >= 0.6 is 22.9 Å². The van der Waals surface area contributed by atoms with Gasteiger partial charge in [-0.3, -0.25) is 0 Å². The summed E-state index contributed by atoms with van der Waals surface area (Å²) in [4.78, 5) is 1.37. The second-order valence-corrected chi connectivity index (χ2v) is 6.32. The van der Waals surface area contributed by atoms with Crippen LogP contribution in [0.25, 0.3) is 0 Å². The van der Waals surface area contributed by atoms with E-state index in [0.29, 0.717) is 6.04 Å². The Hall–Kier alpha value is -0.310. The topological polar surface area (TPSA) is 12.0 Å². The minimum Gasteiger partial charge on any atom is -0.309 e. The van der Waals surface area contributed by atoms with Crippen molar-refractivity contribution in [3.05, 3.63) is 34.0 Å². The zero-order chi connectivity index (χ0) is 13.2. The molecule has 0 aliphatic rings. The van der Waals surface area contributed by atoms with Crippen molar-refractivity contribution >= 4 is 22.9 Å². The van der Waals surface area contributed by atoms with E-state index in [4.69, 9.17) is 11.6 Å². The molecule has 1 unspecified atom stereocenters. The lowest BCUT2D eigenvalue weighted by Gasteiger charge is -2.17. The molecule has 0 saturated heterocycles. The highest BCUT2D eigenvalue weighted by Gasteiger charge is 2.12. The normalized spacial score (nSPS) is 12.6. The van der Waals surface area contributed by atoms with Crippen molar-refractivity contribution in [2.24, 2.45) is 0 Å². The fourth-order valence-electron chi connectivity index (χ4n) is 1.99. The number of halogens is 1. The SMILES string of the molecule is C=CCCCCCC(NCCC)c1ccc(Cl)s1. The molecule has 1 aromatic rings. The van der Waals surface area contributed by atoms with E-state index in [1.807, 2.05) is 12.1 Å². The van der Waals surface area contributed by atoms with Gasteiger partial charge in [0.2, 0.25) is 0 Å². The molecule has 0 spiro atoms. The third kappa shape index (κ3) is 6.03. The van der Waals surface area contributed by atoms with Gasteiger partial charge in [-0.25, -0.2) is 0 Å². The molecule has 1 aromatic heterocycles. The average Bonchev–Trinajstić information content (AvgIpc) is 2.79. The maximum absolute atomic E-state index is 6.02. The zero-order valence-electron chi connectivity index (χ0n) is 11.3. The third-order valence-corrected chi connectivity index (χ3v) is 4.32. The van der Waals surface area contributed by atoms with Crippen LogP contribution in [0, 0.1) is 0 Å². The smallest absolute Gasteiger partial charge is 0.0931 e. The second kappa shape index (κ2) is 9.60. The molecule has 0 aliphatic carbocycles. The van der Waals surface area contributed by atoms with Crippen LogP contribution < -0.4 is 5.32 Å². The number of allylic oxidation sites excluding steroid dienone is 1. The predicted molar refractivity (Wildman–Crippen MR) is 83.6 cm³/mol. The zero-order valence-corrected chi connectivity index (χ0v) is 12.8. The molecular formula is C15H24ClNS. The second-order valence-electron chi connectivity index (χ2n) is 4.58. The molecule has 0 fully saturated rings. The lowest BCUT2D eigenvalue weighted by molar-refractivity contribution is 0.478. The molecule has 0 bridgehead atoms. The van der Waals surface area contributed by atoms with Gasteiger partial charge in [-0.1, -0.05) is 37.4 Å². The molecule has 1 rings (SSSR count). The van der Waals surface area contributed by atoms with Crippen LogP contribution in [0.4, 0.5) is 0 Å². The summed E-state index contributed by atoms with van der Waals surface area (Å²) >= 11 is 7.72. The third-order valence-electron chi connectivity index (χ3n) is 2.98. The fraction of sp³-hybridized carbons (Fsp3) is 0.600. The average molecular weight is 286 g/mol. The summed E-state index contributed by atoms with van der Waals surface area (Å²) in [6.07, 6.45) is 9.33. The summed E-state index contributed by atoms with van der Waals surface area (Å²) in [5, 5.41) is 3.62. The van der Waals surface area contributed by atoms with E-state index in [2.05, 4.69) is 24.9 Å². The Morgan fingerprint density at radius 1 is 1.39 bits per heavy atom. The van der Waals surface area contributed by atoms with Crippen molar-refractivity contribution in [2.75, 3.05) is 6.54 Å². The first-order chi connectivity index (χ1) is 8.77. The van der Waals surface area contributed by atoms with Crippen LogP contribution in [-0.2, 0) is 0 Å². The first-order valence-corrected chi connectivity index (χ1v) is 8.07. The highest BCUT2D eigenvalue weighted by Crippen LogP contribution is 2.29. The van der Waals surface area contributed by atoms with Gasteiger partial charge < -0.3 is 5.32 Å². The Labute approximate surface area is 120 Å². The van der Waals surface area contributed by atoms with Crippen molar-refractivity contribution in [1.29, 1.82) is 0 Å². The van der Waals surface area contributed by atoms with Crippen molar-refractivity contribution in [1.82, 2.24) is 5.32 Å². The van der Waals surface area contributed by atoms with Gasteiger partial charge in [-0.05, 0) is 44.4 Å². The minimum atomic E-state index is 0.478. The highest BCUT2D eigenvalue weighted by atomic mass is 35.5. The van der Waals surface area contributed by atoms with Crippen molar-refractivity contribution in [2.45, 2.75) is 51.5 Å². The number of nitrogens with one attached hydrogen (secondary N) is 1. The van der Waals surface area contributed by atoms with Crippen molar-refractivity contribution < 1.29 is 0 Å². The monoisotopic (exact) mass is 285 g/mol. The van der Waals surface area contributed by atoms with Gasteiger partial charge >= 0.3 is 0 Å². The number of hydrogen-bond acceptors (Lipinski definition) is 2. The Balaban J connectivity index is 2.38. The first-order valence-electron chi connectivity index (χ1n) is 6.87. The van der Waals surface area contributed by atoms with E-state index in [0.717, 1.165) is 17.3 Å². The number of rotatable bonds is 10. The summed E-state index contributed by atoms with van der Waals surface area (Å²) < 4.78 is 0.889. The molecule has 0 saturated carbocycles. The molecule has 3 heteroatoms. The largest absolute Gasteiger partial charge is 0.309 e. The quantitative estimate of drug-likeness (QED) is 0.437. The van der Waals surface area contributed by atoms with Crippen LogP contribution in [0.1, 0.15) is 56.4 Å². The number of unbranched alkanes of at least 4 members (excludes halogenated alkanes) is 3. The summed E-state index contributed by atoms with van der Waals surface area (Å²) in [7, 11) is 0. The highest BCUT2D eigenvalue weighted by molar-refractivity contribution is 7.16. The fourth-order valence-corrected chi connectivity index (χ4v) is 3.16. The molecule has 18 heavy (non-hydrogen) atoms. The molecular weight excluding hydrogens is 262 g/mol. The van der Waals surface area contributed by atoms with Gasteiger partial charge in [0.1, 0.15) is 0 Å². The molecule has 0 radical (unpaired) electrons. The van der Waals surface area contributed by atoms with Crippen LogP contribution in [0.15, 0.2) is 24.8 Å². The predicted octanol–water partition coefficient (Wildman–Crippen LogP) is 5.58. The lowest BCUT2D eigenvalue weighted by Crippen LogP contribution is -2.21. The van der Waals surface area contributed by atoms with Gasteiger partial charge in [0.25, 0.3) is 0 Å². The van der Waals surface area contributed by atoms with Crippen molar-refractivity contribution in [3.8, 4) is 0 Å². The Bertz CT molecular complexity index is 335. The molecule has 1 atom stereocenters. The molecule has 0 aromatic carbocycles. The van der Waals surface area contributed by atoms with Crippen LogP contribution in [0.2, 0.25) is 4.34 Å². The van der Waals surface area contributed by atoms with Gasteiger partial charge in [-0.15, -0.1) is 17.9 Å². The van der Waals surface area contributed by atoms with E-state index in [9.17, 15) is 0 Å². The Morgan fingerprint density at radius 2 is 2.22 bits per heavy atom. The van der Waals surface area contributed by atoms with Crippen LogP contribution in [0.3, 0.4) is 0 Å². The summed E-state index contributed by atoms with van der Waals surface area (Å²) in [6, 6.07) is 4.63. The van der Waals surface area contributed by atoms with Gasteiger partial charge in [0, 0.05) is 10.9 Å². The van der Waals surface area contributed by atoms with Gasteiger partial charge in [-0.2, -0.15) is 0 Å². The lowest BCUT2D eigenvalue weighted by atomic mass is 10.1. The summed E-state index contributed by atoms with van der Waals surface area (Å²) in [5.41, 5.74) is 0. The van der Waals surface area contributed by atoms with Gasteiger partial charge in [0.05, 0.1) is 4.34 Å². The van der Waals surface area contributed by atoms with E-state index >= 15 is 0 Å². The molecule has 1 nitrogen and oxygen atoms in total.